The van der Waals surface area contributed by atoms with E-state index in [-0.39, 0.29) is 23.7 Å². The molecule has 3 aliphatic heterocycles. The number of nitrogens with zero attached hydrogens (tertiary/aromatic N) is 4. The summed E-state index contributed by atoms with van der Waals surface area (Å²) < 4.78 is 10.8. The molecule has 36 heavy (non-hydrogen) atoms. The summed E-state index contributed by atoms with van der Waals surface area (Å²) in [6.07, 6.45) is 6.45. The van der Waals surface area contributed by atoms with Crippen molar-refractivity contribution in [3.8, 4) is 0 Å². The number of aliphatic imine (C=N–C) groups is 1. The third-order valence-electron chi connectivity index (χ3n) is 7.19. The molecule has 0 radical (unpaired) electrons. The fraction of sp³-hybridized carbons (Fsp3) is 0.481. The summed E-state index contributed by atoms with van der Waals surface area (Å²) in [6.45, 7) is 8.14. The van der Waals surface area contributed by atoms with Gasteiger partial charge in [0.2, 0.25) is 23.7 Å². The Labute approximate surface area is 217 Å². The number of allylic oxidation sites excluding steroid dienone is 1. The van der Waals surface area contributed by atoms with Crippen LogP contribution in [0.4, 0.5) is 5.69 Å². The second kappa shape index (κ2) is 10.4. The van der Waals surface area contributed by atoms with Gasteiger partial charge < -0.3 is 19.3 Å². The van der Waals surface area contributed by atoms with Gasteiger partial charge in [0, 0.05) is 50.9 Å². The summed E-state index contributed by atoms with van der Waals surface area (Å²) >= 11 is 5.39. The Morgan fingerprint density at radius 1 is 1.08 bits per heavy atom. The SMILES string of the molecule is Cc1ccc(C)c(N2CCN(C(=O)CCCCCN3C(=O)C4C=C5OCOC5=CC4=NC3=S)CC2)c1. The third kappa shape index (κ3) is 5.02. The number of aryl methyl sites for hydroxylation is 2. The molecule has 1 aromatic carbocycles. The number of carbonyl (C=O) groups excluding carboxylic acids is 2. The lowest BCUT2D eigenvalue weighted by Crippen LogP contribution is -2.49. The zero-order valence-electron chi connectivity index (χ0n) is 20.9. The highest BCUT2D eigenvalue weighted by atomic mass is 32.1. The Hall–Kier alpha value is -3.20. The van der Waals surface area contributed by atoms with Gasteiger partial charge in [0.1, 0.15) is 5.92 Å². The van der Waals surface area contributed by atoms with Crippen LogP contribution in [0.15, 0.2) is 46.9 Å². The van der Waals surface area contributed by atoms with E-state index in [0.717, 1.165) is 45.4 Å². The van der Waals surface area contributed by atoms with Crippen molar-refractivity contribution in [1.29, 1.82) is 0 Å². The average molecular weight is 509 g/mol. The van der Waals surface area contributed by atoms with Crippen molar-refractivity contribution in [2.45, 2.75) is 39.5 Å². The number of anilines is 1. The lowest BCUT2D eigenvalue weighted by Gasteiger charge is -2.37. The molecule has 8 nitrogen and oxygen atoms in total. The summed E-state index contributed by atoms with van der Waals surface area (Å²) in [7, 11) is 0. The van der Waals surface area contributed by atoms with Crippen molar-refractivity contribution in [3.63, 3.8) is 0 Å². The zero-order chi connectivity index (χ0) is 25.2. The molecule has 1 unspecified atom stereocenters. The first-order valence-electron chi connectivity index (χ1n) is 12.6. The predicted octanol–water partition coefficient (Wildman–Crippen LogP) is 3.48. The van der Waals surface area contributed by atoms with Gasteiger partial charge in [-0.05, 0) is 62.2 Å². The van der Waals surface area contributed by atoms with Crippen LogP contribution in [0.2, 0.25) is 0 Å². The number of rotatable bonds is 7. The minimum Gasteiger partial charge on any atom is -0.454 e. The molecule has 9 heteroatoms. The molecule has 2 saturated heterocycles. The molecule has 4 aliphatic rings. The molecule has 0 aromatic heterocycles. The van der Waals surface area contributed by atoms with Crippen LogP contribution in [0.3, 0.4) is 0 Å². The number of benzene rings is 1. The molecule has 1 aliphatic carbocycles. The van der Waals surface area contributed by atoms with E-state index in [2.05, 4.69) is 41.9 Å². The number of amides is 2. The predicted molar refractivity (Wildman–Crippen MR) is 142 cm³/mol. The van der Waals surface area contributed by atoms with E-state index in [9.17, 15) is 9.59 Å². The van der Waals surface area contributed by atoms with Gasteiger partial charge >= 0.3 is 0 Å². The normalized spacial score (nSPS) is 21.2. The second-order valence-corrected chi connectivity index (χ2v) is 10.1. The number of hydrogen-bond donors (Lipinski definition) is 0. The molecule has 0 N–H and O–H groups in total. The highest BCUT2D eigenvalue weighted by molar-refractivity contribution is 7.80. The topological polar surface area (TPSA) is 74.7 Å². The van der Waals surface area contributed by atoms with Crippen LogP contribution < -0.4 is 4.90 Å². The van der Waals surface area contributed by atoms with Crippen molar-refractivity contribution < 1.29 is 19.1 Å². The summed E-state index contributed by atoms with van der Waals surface area (Å²) in [5, 5.41) is 0.289. The quantitative estimate of drug-likeness (QED) is 0.415. The third-order valence-corrected chi connectivity index (χ3v) is 7.50. The molecule has 3 heterocycles. The first-order chi connectivity index (χ1) is 17.4. The lowest BCUT2D eigenvalue weighted by molar-refractivity contribution is -0.132. The van der Waals surface area contributed by atoms with Crippen LogP contribution in [0.5, 0.6) is 0 Å². The summed E-state index contributed by atoms with van der Waals surface area (Å²) in [4.78, 5) is 36.2. The zero-order valence-corrected chi connectivity index (χ0v) is 21.7. The summed E-state index contributed by atoms with van der Waals surface area (Å²) in [5.41, 5.74) is 4.41. The van der Waals surface area contributed by atoms with E-state index >= 15 is 0 Å². The molecular formula is C27H32N4O4S. The largest absolute Gasteiger partial charge is 0.454 e. The average Bonchev–Trinajstić information content (AvgIpc) is 3.33. The van der Waals surface area contributed by atoms with E-state index in [1.54, 1.807) is 17.1 Å². The molecule has 0 bridgehead atoms. The van der Waals surface area contributed by atoms with E-state index < -0.39 is 5.92 Å². The molecule has 1 atom stereocenters. The maximum absolute atomic E-state index is 13.0. The van der Waals surface area contributed by atoms with Crippen molar-refractivity contribution in [2.75, 3.05) is 44.4 Å². The fourth-order valence-corrected chi connectivity index (χ4v) is 5.37. The Morgan fingerprint density at radius 2 is 1.86 bits per heavy atom. The highest BCUT2D eigenvalue weighted by Crippen LogP contribution is 2.31. The van der Waals surface area contributed by atoms with Crippen LogP contribution >= 0.6 is 12.2 Å². The Bertz CT molecular complexity index is 1170. The van der Waals surface area contributed by atoms with Gasteiger partial charge in [-0.15, -0.1) is 0 Å². The van der Waals surface area contributed by atoms with Gasteiger partial charge in [-0.25, -0.2) is 4.99 Å². The number of thiocarbonyl (C=S) groups is 1. The van der Waals surface area contributed by atoms with Crippen molar-refractivity contribution in [3.05, 3.63) is 53.0 Å². The number of fused-ring (bicyclic) bond motifs is 2. The van der Waals surface area contributed by atoms with Crippen LogP contribution in [0, 0.1) is 19.8 Å². The molecule has 190 valence electrons. The molecule has 5 rings (SSSR count). The number of hydrogen-bond acceptors (Lipinski definition) is 6. The van der Waals surface area contributed by atoms with Crippen LogP contribution in [-0.4, -0.2) is 72.0 Å². The molecule has 0 saturated carbocycles. The molecule has 0 spiro atoms. The monoisotopic (exact) mass is 508 g/mol. The fourth-order valence-electron chi connectivity index (χ4n) is 5.08. The number of carbonyl (C=O) groups is 2. The Balaban J connectivity index is 1.04. The van der Waals surface area contributed by atoms with Crippen molar-refractivity contribution in [2.24, 2.45) is 10.9 Å². The number of ether oxygens (including phenoxy) is 2. The van der Waals surface area contributed by atoms with E-state index in [1.807, 2.05) is 4.90 Å². The number of unbranched alkanes of at least 4 members (excludes halogenated alkanes) is 2. The van der Waals surface area contributed by atoms with Gasteiger partial charge in [0.05, 0.1) is 5.71 Å². The Morgan fingerprint density at radius 3 is 2.67 bits per heavy atom. The van der Waals surface area contributed by atoms with Gasteiger partial charge in [-0.1, -0.05) is 18.6 Å². The summed E-state index contributed by atoms with van der Waals surface area (Å²) in [6, 6.07) is 6.53. The second-order valence-electron chi connectivity index (χ2n) is 9.70. The van der Waals surface area contributed by atoms with Gasteiger partial charge in [-0.3, -0.25) is 14.5 Å². The van der Waals surface area contributed by atoms with E-state index in [4.69, 9.17) is 21.7 Å². The smallest absolute Gasteiger partial charge is 0.241 e. The molecular weight excluding hydrogens is 476 g/mol. The Kier molecular flexibility index (Phi) is 7.09. The molecule has 2 amide bonds. The standard InChI is InChI=1S/C27H32N4O4S/c1-18-7-8-19(2)22(14-18)29-10-12-30(13-11-29)25(32)6-4-3-5-9-31-26(33)20-15-23-24(35-17-34-23)16-21(20)28-27(31)36/h7-8,14-16,20H,3-6,9-13,17H2,1-2H3. The minimum atomic E-state index is -0.485. The van der Waals surface area contributed by atoms with Gasteiger partial charge in [0.15, 0.2) is 11.5 Å². The lowest BCUT2D eigenvalue weighted by atomic mass is 9.93. The highest BCUT2D eigenvalue weighted by Gasteiger charge is 2.38. The van der Waals surface area contributed by atoms with Gasteiger partial charge in [-0.2, -0.15) is 0 Å². The first-order valence-corrected chi connectivity index (χ1v) is 13.0. The first kappa shape index (κ1) is 24.5. The van der Waals surface area contributed by atoms with Gasteiger partial charge in [0.25, 0.3) is 0 Å². The number of piperazine rings is 1. The van der Waals surface area contributed by atoms with E-state index in [0.29, 0.717) is 30.2 Å². The molecule has 1 aromatic rings. The maximum atomic E-state index is 13.0. The van der Waals surface area contributed by atoms with Crippen LogP contribution in [-0.2, 0) is 19.1 Å². The minimum absolute atomic E-state index is 0.0823. The summed E-state index contributed by atoms with van der Waals surface area (Å²) in [5.74, 6) is 0.838. The van der Waals surface area contributed by atoms with E-state index in [1.165, 1.54) is 16.8 Å². The molecule has 2 fully saturated rings. The maximum Gasteiger partial charge on any atom is 0.241 e. The van der Waals surface area contributed by atoms with Crippen LogP contribution in [0.1, 0.15) is 36.8 Å². The van der Waals surface area contributed by atoms with Crippen LogP contribution in [0.25, 0.3) is 0 Å². The van der Waals surface area contributed by atoms with Crippen molar-refractivity contribution in [1.82, 2.24) is 9.80 Å². The van der Waals surface area contributed by atoms with Crippen molar-refractivity contribution >= 4 is 40.5 Å².